The molecule has 0 saturated heterocycles. The van der Waals surface area contributed by atoms with Crippen molar-refractivity contribution in [2.24, 2.45) is 0 Å². The molecule has 9 heteroatoms. The average Bonchev–Trinajstić information content (AvgIpc) is 3.63. The number of halogens is 2. The summed E-state index contributed by atoms with van der Waals surface area (Å²) in [6.45, 7) is 3.78. The normalized spacial score (nSPS) is 14.9. The van der Waals surface area contributed by atoms with Gasteiger partial charge >= 0.3 is 0 Å². The standard InChI is InChI=1S/C37H40F2N4O3/c1-4-6-13-43(3)24-27-15-28(21-29(16-27)36-40-12-14-46-36)35(45)42-33(20-26-18-31(38)22-32(39)19-26)34(44)23-41-37(10-11-37)30-9-7-8-25(5-2)17-30/h2,7-9,12,14-19,21-22,33-34,41,44H,4,6,10-11,13,20,23-24H2,1,3H3,(H,42,45)/t33-,34-/m0/s1. The Morgan fingerprint density at radius 2 is 1.91 bits per heavy atom. The zero-order chi connectivity index (χ0) is 32.7. The van der Waals surface area contributed by atoms with Crippen LogP contribution >= 0.6 is 0 Å². The quantitative estimate of drug-likeness (QED) is 0.144. The van der Waals surface area contributed by atoms with E-state index >= 15 is 0 Å². The highest BCUT2D eigenvalue weighted by Gasteiger charge is 2.44. The van der Waals surface area contributed by atoms with Gasteiger partial charge < -0.3 is 25.1 Å². The molecule has 1 aromatic heterocycles. The summed E-state index contributed by atoms with van der Waals surface area (Å²) in [6, 6.07) is 15.5. The van der Waals surface area contributed by atoms with Crippen LogP contribution in [0.3, 0.4) is 0 Å². The fourth-order valence-corrected chi connectivity index (χ4v) is 5.78. The van der Waals surface area contributed by atoms with Crippen LogP contribution in [0.2, 0.25) is 0 Å². The highest BCUT2D eigenvalue weighted by molar-refractivity contribution is 5.95. The van der Waals surface area contributed by atoms with Gasteiger partial charge in [-0.1, -0.05) is 31.4 Å². The Labute approximate surface area is 269 Å². The summed E-state index contributed by atoms with van der Waals surface area (Å²) < 4.78 is 33.8. The summed E-state index contributed by atoms with van der Waals surface area (Å²) in [5, 5.41) is 17.9. The third-order valence-corrected chi connectivity index (χ3v) is 8.42. The number of aliphatic hydroxyl groups excluding tert-OH is 1. The van der Waals surface area contributed by atoms with Gasteiger partial charge in [0.15, 0.2) is 0 Å². The summed E-state index contributed by atoms with van der Waals surface area (Å²) in [6.07, 6.45) is 11.4. The number of aliphatic hydroxyl groups is 1. The summed E-state index contributed by atoms with van der Waals surface area (Å²) in [5.74, 6) is 1.15. The number of rotatable bonds is 15. The van der Waals surface area contributed by atoms with Gasteiger partial charge in [0.2, 0.25) is 5.89 Å². The lowest BCUT2D eigenvalue weighted by molar-refractivity contribution is 0.0822. The van der Waals surface area contributed by atoms with Crippen LogP contribution in [-0.4, -0.2) is 53.2 Å². The molecule has 46 heavy (non-hydrogen) atoms. The molecule has 0 radical (unpaired) electrons. The number of carbonyl (C=O) groups excluding carboxylic acids is 1. The maximum Gasteiger partial charge on any atom is 0.251 e. The minimum absolute atomic E-state index is 0.00882. The molecule has 1 aliphatic rings. The molecule has 0 spiro atoms. The maximum atomic E-state index is 14.1. The van der Waals surface area contributed by atoms with E-state index in [4.69, 9.17) is 10.8 Å². The number of hydrogen-bond acceptors (Lipinski definition) is 6. The van der Waals surface area contributed by atoms with Crippen LogP contribution in [0, 0.1) is 24.0 Å². The summed E-state index contributed by atoms with van der Waals surface area (Å²) >= 11 is 0. The summed E-state index contributed by atoms with van der Waals surface area (Å²) in [4.78, 5) is 20.3. The molecule has 4 aromatic rings. The Bertz CT molecular complexity index is 1660. The number of hydrogen-bond donors (Lipinski definition) is 3. The molecule has 0 unspecified atom stereocenters. The second kappa shape index (κ2) is 14.8. The Balaban J connectivity index is 1.39. The lowest BCUT2D eigenvalue weighted by Crippen LogP contribution is -2.50. The number of oxazole rings is 1. The van der Waals surface area contributed by atoms with E-state index < -0.39 is 29.7 Å². The van der Waals surface area contributed by atoms with Crippen LogP contribution in [0.25, 0.3) is 11.5 Å². The number of aromatic nitrogens is 1. The van der Waals surface area contributed by atoms with Crippen molar-refractivity contribution in [1.82, 2.24) is 20.5 Å². The summed E-state index contributed by atoms with van der Waals surface area (Å²) in [7, 11) is 2.03. The van der Waals surface area contributed by atoms with Gasteiger partial charge in [-0.15, -0.1) is 6.42 Å². The molecule has 2 atom stereocenters. The van der Waals surface area contributed by atoms with Gasteiger partial charge in [-0.25, -0.2) is 13.8 Å². The highest BCUT2D eigenvalue weighted by Crippen LogP contribution is 2.45. The minimum atomic E-state index is -1.09. The first-order chi connectivity index (χ1) is 22.2. The van der Waals surface area contributed by atoms with Gasteiger partial charge in [0.05, 0.1) is 18.3 Å². The van der Waals surface area contributed by atoms with Crippen molar-refractivity contribution < 1.29 is 23.1 Å². The largest absolute Gasteiger partial charge is 0.445 e. The van der Waals surface area contributed by atoms with E-state index in [9.17, 15) is 18.7 Å². The summed E-state index contributed by atoms with van der Waals surface area (Å²) in [5.41, 5.74) is 3.68. The Morgan fingerprint density at radius 3 is 2.59 bits per heavy atom. The lowest BCUT2D eigenvalue weighted by Gasteiger charge is -2.27. The molecule has 240 valence electrons. The molecule has 1 aliphatic carbocycles. The number of unbranched alkanes of at least 4 members (excludes halogenated alkanes) is 1. The number of carbonyl (C=O) groups is 1. The molecule has 1 amide bonds. The van der Waals surface area contributed by atoms with E-state index in [-0.39, 0.29) is 18.5 Å². The predicted octanol–water partition coefficient (Wildman–Crippen LogP) is 5.81. The first-order valence-electron chi connectivity index (χ1n) is 15.7. The molecule has 0 aliphatic heterocycles. The first kappa shape index (κ1) is 33.0. The predicted molar refractivity (Wildman–Crippen MR) is 174 cm³/mol. The topological polar surface area (TPSA) is 90.6 Å². The molecule has 1 saturated carbocycles. The maximum absolute atomic E-state index is 14.1. The number of nitrogens with one attached hydrogen (secondary N) is 2. The third-order valence-electron chi connectivity index (χ3n) is 8.42. The van der Waals surface area contributed by atoms with Crippen LogP contribution in [0.1, 0.15) is 65.2 Å². The second-order valence-corrected chi connectivity index (χ2v) is 12.2. The zero-order valence-electron chi connectivity index (χ0n) is 26.2. The molecule has 0 bridgehead atoms. The van der Waals surface area contributed by atoms with E-state index in [0.29, 0.717) is 29.1 Å². The van der Waals surface area contributed by atoms with Crippen molar-refractivity contribution in [2.75, 3.05) is 20.1 Å². The fraction of sp³-hybridized carbons (Fsp3) is 0.351. The molecular weight excluding hydrogens is 586 g/mol. The number of amides is 1. The second-order valence-electron chi connectivity index (χ2n) is 12.2. The number of terminal acetylenes is 1. The van der Waals surface area contributed by atoms with Crippen molar-refractivity contribution >= 4 is 5.91 Å². The smallest absolute Gasteiger partial charge is 0.251 e. The van der Waals surface area contributed by atoms with E-state index in [1.165, 1.54) is 18.4 Å². The van der Waals surface area contributed by atoms with E-state index in [1.807, 2.05) is 43.4 Å². The SMILES string of the molecule is C#Cc1cccc(C2(NC[C@H](O)[C@H](Cc3cc(F)cc(F)c3)NC(=O)c3cc(CN(C)CCCC)cc(-c4ncco4)c3)CC2)c1. The van der Waals surface area contributed by atoms with Crippen LogP contribution in [0.15, 0.2) is 77.5 Å². The number of nitrogens with zero attached hydrogens (tertiary/aromatic N) is 2. The van der Waals surface area contributed by atoms with Gasteiger partial charge in [0, 0.05) is 41.4 Å². The van der Waals surface area contributed by atoms with Crippen molar-refractivity contribution in [1.29, 1.82) is 0 Å². The minimum Gasteiger partial charge on any atom is -0.445 e. The highest BCUT2D eigenvalue weighted by atomic mass is 19.1. The van der Waals surface area contributed by atoms with Crippen molar-refractivity contribution in [3.63, 3.8) is 0 Å². The molecule has 7 nitrogen and oxygen atoms in total. The van der Waals surface area contributed by atoms with Gasteiger partial charge in [-0.05, 0) is 98.4 Å². The van der Waals surface area contributed by atoms with E-state index in [0.717, 1.165) is 55.0 Å². The zero-order valence-corrected chi connectivity index (χ0v) is 26.2. The van der Waals surface area contributed by atoms with Gasteiger partial charge in [-0.2, -0.15) is 0 Å². The van der Waals surface area contributed by atoms with E-state index in [2.05, 4.69) is 33.4 Å². The fourth-order valence-electron chi connectivity index (χ4n) is 5.78. The first-order valence-corrected chi connectivity index (χ1v) is 15.7. The van der Waals surface area contributed by atoms with Crippen LogP contribution in [0.5, 0.6) is 0 Å². The molecule has 1 heterocycles. The Morgan fingerprint density at radius 1 is 1.13 bits per heavy atom. The molecule has 3 N–H and O–H groups in total. The lowest BCUT2D eigenvalue weighted by atomic mass is 9.98. The Kier molecular flexibility index (Phi) is 10.6. The van der Waals surface area contributed by atoms with Crippen molar-refractivity contribution in [3.8, 4) is 23.8 Å². The van der Waals surface area contributed by atoms with Crippen LogP contribution in [-0.2, 0) is 18.5 Å². The molecule has 1 fully saturated rings. The van der Waals surface area contributed by atoms with Crippen LogP contribution in [0.4, 0.5) is 8.78 Å². The molecular formula is C37H40F2N4O3. The molecule has 5 rings (SSSR count). The van der Waals surface area contributed by atoms with Crippen LogP contribution < -0.4 is 10.6 Å². The van der Waals surface area contributed by atoms with Crippen molar-refractivity contribution in [2.45, 2.75) is 63.3 Å². The van der Waals surface area contributed by atoms with E-state index in [1.54, 1.807) is 12.3 Å². The van der Waals surface area contributed by atoms with Gasteiger partial charge in [-0.3, -0.25) is 4.79 Å². The molecule has 3 aromatic carbocycles. The van der Waals surface area contributed by atoms with Crippen molar-refractivity contribution in [3.05, 3.63) is 113 Å². The van der Waals surface area contributed by atoms with Gasteiger partial charge in [0.1, 0.15) is 17.9 Å². The van der Waals surface area contributed by atoms with Gasteiger partial charge in [0.25, 0.3) is 5.91 Å². The third kappa shape index (κ3) is 8.46. The number of benzene rings is 3. The Hall–Kier alpha value is -4.36. The average molecular weight is 627 g/mol. The monoisotopic (exact) mass is 626 g/mol.